The Hall–Kier alpha value is -1.59. The Morgan fingerprint density at radius 3 is 2.90 bits per heavy atom. The van der Waals surface area contributed by atoms with E-state index in [1.807, 2.05) is 26.0 Å². The van der Waals surface area contributed by atoms with Gasteiger partial charge in [0, 0.05) is 12.2 Å². The van der Waals surface area contributed by atoms with Gasteiger partial charge < -0.3 is 14.0 Å². The van der Waals surface area contributed by atoms with Crippen LogP contribution in [-0.2, 0) is 4.74 Å². The summed E-state index contributed by atoms with van der Waals surface area (Å²) in [4.78, 5) is 4.39. The van der Waals surface area contributed by atoms with Crippen LogP contribution in [0.15, 0.2) is 22.7 Å². The van der Waals surface area contributed by atoms with Crippen molar-refractivity contribution in [3.05, 3.63) is 29.1 Å². The van der Waals surface area contributed by atoms with Crippen LogP contribution >= 0.6 is 11.6 Å². The molecule has 3 rings (SSSR count). The number of hydrogen-bond donors (Lipinski definition) is 0. The summed E-state index contributed by atoms with van der Waals surface area (Å²) in [6.45, 7) is 4.66. The maximum absolute atomic E-state index is 6.22. The van der Waals surface area contributed by atoms with Gasteiger partial charge in [0.05, 0.1) is 11.1 Å². The lowest BCUT2D eigenvalue weighted by atomic mass is 10.2. The predicted octanol–water partition coefficient (Wildman–Crippen LogP) is 4.03. The van der Waals surface area contributed by atoms with Crippen molar-refractivity contribution in [2.75, 3.05) is 6.61 Å². The van der Waals surface area contributed by atoms with Gasteiger partial charge in [-0.1, -0.05) is 16.8 Å². The molecule has 0 radical (unpaired) electrons. The molecule has 0 aliphatic carbocycles. The van der Waals surface area contributed by atoms with Gasteiger partial charge in [-0.2, -0.15) is 4.98 Å². The fourth-order valence-corrected chi connectivity index (χ4v) is 2.47. The molecule has 5 nitrogen and oxygen atoms in total. The normalized spacial score (nSPS) is 18.4. The quantitative estimate of drug-likeness (QED) is 0.853. The smallest absolute Gasteiger partial charge is 0.256 e. The van der Waals surface area contributed by atoms with E-state index in [2.05, 4.69) is 10.1 Å². The van der Waals surface area contributed by atoms with E-state index < -0.39 is 0 Å². The molecule has 1 fully saturated rings. The molecule has 6 heteroatoms. The molecular formula is C15H17ClN2O3. The van der Waals surface area contributed by atoms with E-state index in [0.29, 0.717) is 22.5 Å². The number of halogens is 1. The average molecular weight is 309 g/mol. The molecule has 0 amide bonds. The number of nitrogens with zero attached hydrogens (tertiary/aromatic N) is 2. The summed E-state index contributed by atoms with van der Waals surface area (Å²) in [5, 5.41) is 4.53. The third kappa shape index (κ3) is 3.19. The number of rotatable bonds is 4. The molecule has 1 aromatic heterocycles. The van der Waals surface area contributed by atoms with E-state index in [-0.39, 0.29) is 12.2 Å². The second kappa shape index (κ2) is 6.03. The molecule has 1 aliphatic heterocycles. The SMILES string of the molecule is CC(C)Oc1ccc(-c2noc(C3CCCO3)n2)cc1Cl. The van der Waals surface area contributed by atoms with Crippen LogP contribution in [0.5, 0.6) is 5.75 Å². The summed E-state index contributed by atoms with van der Waals surface area (Å²) in [5.41, 5.74) is 0.795. The Morgan fingerprint density at radius 1 is 1.38 bits per heavy atom. The molecule has 1 aromatic carbocycles. The largest absolute Gasteiger partial charge is 0.489 e. The minimum absolute atomic E-state index is 0.0737. The van der Waals surface area contributed by atoms with Crippen molar-refractivity contribution in [3.63, 3.8) is 0 Å². The second-order valence-electron chi connectivity index (χ2n) is 5.27. The molecule has 112 valence electrons. The van der Waals surface area contributed by atoms with E-state index in [0.717, 1.165) is 25.0 Å². The van der Waals surface area contributed by atoms with Gasteiger partial charge in [-0.25, -0.2) is 0 Å². The highest BCUT2D eigenvalue weighted by molar-refractivity contribution is 6.32. The lowest BCUT2D eigenvalue weighted by Crippen LogP contribution is -2.05. The van der Waals surface area contributed by atoms with Crippen molar-refractivity contribution in [1.82, 2.24) is 10.1 Å². The third-order valence-electron chi connectivity index (χ3n) is 3.20. The molecule has 0 saturated carbocycles. The van der Waals surface area contributed by atoms with E-state index in [4.69, 9.17) is 25.6 Å². The van der Waals surface area contributed by atoms with Gasteiger partial charge in [0.1, 0.15) is 11.9 Å². The zero-order valence-electron chi connectivity index (χ0n) is 12.0. The predicted molar refractivity (Wildman–Crippen MR) is 78.4 cm³/mol. The minimum atomic E-state index is -0.0785. The van der Waals surface area contributed by atoms with Crippen LogP contribution in [0.1, 0.15) is 38.7 Å². The van der Waals surface area contributed by atoms with Crippen LogP contribution < -0.4 is 4.74 Å². The maximum atomic E-state index is 6.22. The van der Waals surface area contributed by atoms with E-state index >= 15 is 0 Å². The standard InChI is InChI=1S/C15H17ClN2O3/c1-9(2)20-12-6-5-10(8-11(12)16)14-17-15(21-18-14)13-4-3-7-19-13/h5-6,8-9,13H,3-4,7H2,1-2H3. The lowest BCUT2D eigenvalue weighted by molar-refractivity contribution is 0.0835. The fraction of sp³-hybridized carbons (Fsp3) is 0.467. The molecule has 1 saturated heterocycles. The van der Waals surface area contributed by atoms with Crippen molar-refractivity contribution in [2.45, 2.75) is 38.9 Å². The fourth-order valence-electron chi connectivity index (χ4n) is 2.25. The van der Waals surface area contributed by atoms with Crippen LogP contribution in [-0.4, -0.2) is 22.9 Å². The van der Waals surface area contributed by atoms with Crippen LogP contribution in [0.2, 0.25) is 5.02 Å². The highest BCUT2D eigenvalue weighted by Gasteiger charge is 2.24. The van der Waals surface area contributed by atoms with Crippen molar-refractivity contribution < 1.29 is 14.0 Å². The van der Waals surface area contributed by atoms with Gasteiger partial charge in [-0.3, -0.25) is 0 Å². The van der Waals surface area contributed by atoms with Gasteiger partial charge in [-0.15, -0.1) is 0 Å². The van der Waals surface area contributed by atoms with Crippen molar-refractivity contribution in [2.24, 2.45) is 0 Å². The first-order chi connectivity index (χ1) is 10.1. The number of aromatic nitrogens is 2. The monoisotopic (exact) mass is 308 g/mol. The van der Waals surface area contributed by atoms with Gasteiger partial charge in [-0.05, 0) is 44.9 Å². The molecule has 21 heavy (non-hydrogen) atoms. The first-order valence-electron chi connectivity index (χ1n) is 7.05. The highest BCUT2D eigenvalue weighted by atomic mass is 35.5. The lowest BCUT2D eigenvalue weighted by Gasteiger charge is -2.11. The highest BCUT2D eigenvalue weighted by Crippen LogP contribution is 2.32. The second-order valence-corrected chi connectivity index (χ2v) is 5.68. The van der Waals surface area contributed by atoms with E-state index in [1.165, 1.54) is 0 Å². The number of benzene rings is 1. The summed E-state index contributed by atoms with van der Waals surface area (Å²) in [6.07, 6.45) is 1.94. The zero-order chi connectivity index (χ0) is 14.8. The van der Waals surface area contributed by atoms with E-state index in [1.54, 1.807) is 6.07 Å². The molecule has 1 atom stereocenters. The van der Waals surface area contributed by atoms with Crippen LogP contribution in [0.4, 0.5) is 0 Å². The number of hydrogen-bond acceptors (Lipinski definition) is 5. The Balaban J connectivity index is 1.82. The average Bonchev–Trinajstić information content (AvgIpc) is 3.10. The van der Waals surface area contributed by atoms with Gasteiger partial charge in [0.25, 0.3) is 5.89 Å². The topological polar surface area (TPSA) is 57.4 Å². The summed E-state index contributed by atoms with van der Waals surface area (Å²) in [6, 6.07) is 5.47. The third-order valence-corrected chi connectivity index (χ3v) is 3.49. The van der Waals surface area contributed by atoms with Gasteiger partial charge in [0.2, 0.25) is 5.82 Å². The molecule has 2 heterocycles. The summed E-state index contributed by atoms with van der Waals surface area (Å²) in [7, 11) is 0. The maximum Gasteiger partial charge on any atom is 0.256 e. The molecule has 0 bridgehead atoms. The number of ether oxygens (including phenoxy) is 2. The Kier molecular flexibility index (Phi) is 4.12. The zero-order valence-corrected chi connectivity index (χ0v) is 12.8. The van der Waals surface area contributed by atoms with Crippen LogP contribution in [0, 0.1) is 0 Å². The Morgan fingerprint density at radius 2 is 2.24 bits per heavy atom. The first-order valence-corrected chi connectivity index (χ1v) is 7.43. The molecule has 1 unspecified atom stereocenters. The Bertz CT molecular complexity index is 621. The molecule has 1 aliphatic rings. The summed E-state index contributed by atoms with van der Waals surface area (Å²) < 4.78 is 16.4. The van der Waals surface area contributed by atoms with E-state index in [9.17, 15) is 0 Å². The van der Waals surface area contributed by atoms with Crippen LogP contribution in [0.25, 0.3) is 11.4 Å². The molecule has 2 aromatic rings. The summed E-state index contributed by atoms with van der Waals surface area (Å²) >= 11 is 6.22. The summed E-state index contributed by atoms with van der Waals surface area (Å²) in [5.74, 6) is 1.69. The first kappa shape index (κ1) is 14.4. The van der Waals surface area contributed by atoms with Gasteiger partial charge >= 0.3 is 0 Å². The minimum Gasteiger partial charge on any atom is -0.489 e. The van der Waals surface area contributed by atoms with Crippen molar-refractivity contribution >= 4 is 11.6 Å². The van der Waals surface area contributed by atoms with Crippen molar-refractivity contribution in [1.29, 1.82) is 0 Å². The Labute approximate surface area is 128 Å². The van der Waals surface area contributed by atoms with Gasteiger partial charge in [0.15, 0.2) is 0 Å². The van der Waals surface area contributed by atoms with Crippen molar-refractivity contribution in [3.8, 4) is 17.1 Å². The molecular weight excluding hydrogens is 292 g/mol. The van der Waals surface area contributed by atoms with Crippen LogP contribution in [0.3, 0.4) is 0 Å². The molecule has 0 spiro atoms. The molecule has 0 N–H and O–H groups in total.